The number of hydrogen-bond acceptors (Lipinski definition) is 6. The molecule has 158 valence electrons. The van der Waals surface area contributed by atoms with Crippen LogP contribution in [-0.2, 0) is 5.41 Å². The largest absolute Gasteiger partial charge is 0.493 e. The molecule has 1 aliphatic rings. The van der Waals surface area contributed by atoms with Crippen LogP contribution in [0, 0.1) is 0 Å². The number of rotatable bonds is 5. The average Bonchev–Trinajstić information content (AvgIpc) is 2.78. The molecule has 1 saturated heterocycles. The summed E-state index contributed by atoms with van der Waals surface area (Å²) in [7, 11) is 4.84. The molecule has 0 radical (unpaired) electrons. The van der Waals surface area contributed by atoms with Gasteiger partial charge in [0.2, 0.25) is 5.75 Å². The molecule has 0 spiro atoms. The predicted octanol–water partition coefficient (Wildman–Crippen LogP) is 4.87. The fourth-order valence-corrected chi connectivity index (χ4v) is 4.40. The van der Waals surface area contributed by atoms with Gasteiger partial charge in [-0.05, 0) is 42.0 Å². The van der Waals surface area contributed by atoms with E-state index in [2.05, 4.69) is 34.2 Å². The molecule has 0 unspecified atom stereocenters. The van der Waals surface area contributed by atoms with Crippen molar-refractivity contribution in [1.29, 1.82) is 0 Å². The highest BCUT2D eigenvalue weighted by atomic mass is 35.5. The molecule has 0 amide bonds. The molecule has 6 nitrogen and oxygen atoms in total. The van der Waals surface area contributed by atoms with E-state index in [1.54, 1.807) is 27.5 Å². The molecule has 1 aliphatic heterocycles. The number of aromatic nitrogens is 2. The van der Waals surface area contributed by atoms with E-state index in [0.29, 0.717) is 17.2 Å². The van der Waals surface area contributed by atoms with Gasteiger partial charge >= 0.3 is 0 Å². The summed E-state index contributed by atoms with van der Waals surface area (Å²) in [5.74, 6) is 2.61. The van der Waals surface area contributed by atoms with Gasteiger partial charge < -0.3 is 19.1 Å². The van der Waals surface area contributed by atoms with Crippen molar-refractivity contribution >= 4 is 28.2 Å². The summed E-state index contributed by atoms with van der Waals surface area (Å²) in [6.07, 6.45) is 3.73. The molecule has 7 heteroatoms. The molecule has 1 fully saturated rings. The summed E-state index contributed by atoms with van der Waals surface area (Å²) in [5.41, 5.74) is 1.43. The van der Waals surface area contributed by atoms with Gasteiger partial charge in [-0.15, -0.1) is 5.10 Å². The molecule has 0 saturated carbocycles. The quantitative estimate of drug-likeness (QED) is 0.579. The summed E-state index contributed by atoms with van der Waals surface area (Å²) in [5, 5.41) is 11.3. The Morgan fingerprint density at radius 2 is 1.60 bits per heavy atom. The van der Waals surface area contributed by atoms with Gasteiger partial charge in [0.15, 0.2) is 17.3 Å². The summed E-state index contributed by atoms with van der Waals surface area (Å²) < 4.78 is 16.7. The molecule has 2 aromatic carbocycles. The molecular formula is C23H26ClN3O3. The number of halogens is 1. The van der Waals surface area contributed by atoms with Gasteiger partial charge in [-0.25, -0.2) is 0 Å². The number of fused-ring (bicyclic) bond motifs is 1. The average molecular weight is 428 g/mol. The predicted molar refractivity (Wildman–Crippen MR) is 119 cm³/mol. The number of methoxy groups -OCH3 is 3. The summed E-state index contributed by atoms with van der Waals surface area (Å²) in [4.78, 5) is 2.29. The third-order valence-corrected chi connectivity index (χ3v) is 6.41. The highest BCUT2D eigenvalue weighted by molar-refractivity contribution is 6.30. The monoisotopic (exact) mass is 427 g/mol. The van der Waals surface area contributed by atoms with Gasteiger partial charge in [-0.1, -0.05) is 30.7 Å². The van der Waals surface area contributed by atoms with E-state index in [-0.39, 0.29) is 5.41 Å². The highest BCUT2D eigenvalue weighted by Crippen LogP contribution is 2.45. The highest BCUT2D eigenvalue weighted by Gasteiger charge is 2.33. The zero-order valence-electron chi connectivity index (χ0n) is 17.7. The third-order valence-electron chi connectivity index (χ3n) is 6.16. The summed E-state index contributed by atoms with van der Waals surface area (Å²) in [6.45, 7) is 4.08. The van der Waals surface area contributed by atoms with E-state index in [0.717, 1.165) is 47.5 Å². The minimum Gasteiger partial charge on any atom is -0.493 e. The van der Waals surface area contributed by atoms with Crippen molar-refractivity contribution < 1.29 is 14.2 Å². The number of anilines is 1. The molecule has 2 heterocycles. The lowest BCUT2D eigenvalue weighted by Crippen LogP contribution is -2.41. The van der Waals surface area contributed by atoms with Crippen LogP contribution in [0.1, 0.15) is 25.3 Å². The molecule has 0 atom stereocenters. The Morgan fingerprint density at radius 1 is 0.933 bits per heavy atom. The molecule has 30 heavy (non-hydrogen) atoms. The van der Waals surface area contributed by atoms with E-state index in [9.17, 15) is 0 Å². The van der Waals surface area contributed by atoms with Crippen molar-refractivity contribution in [1.82, 2.24) is 10.2 Å². The number of piperidine rings is 1. The third kappa shape index (κ3) is 3.49. The summed E-state index contributed by atoms with van der Waals surface area (Å²) in [6, 6.07) is 10.2. The number of ether oxygens (including phenoxy) is 3. The van der Waals surface area contributed by atoms with E-state index in [1.807, 2.05) is 18.2 Å². The fourth-order valence-electron chi connectivity index (χ4n) is 4.27. The Kier molecular flexibility index (Phi) is 5.60. The van der Waals surface area contributed by atoms with Crippen molar-refractivity contribution in [3.05, 3.63) is 47.1 Å². The first-order valence-electron chi connectivity index (χ1n) is 9.96. The normalized spacial score (nSPS) is 15.8. The lowest BCUT2D eigenvalue weighted by atomic mass is 9.74. The Labute approximate surface area is 181 Å². The zero-order chi connectivity index (χ0) is 21.3. The SMILES string of the molecule is COc1cc2c(N3CCC(C)(c4ccc(Cl)cc4)CC3)nncc2c(OC)c1OC. The second kappa shape index (κ2) is 8.19. The number of benzene rings is 2. The van der Waals surface area contributed by atoms with Crippen LogP contribution in [-0.4, -0.2) is 44.6 Å². The maximum absolute atomic E-state index is 6.07. The Morgan fingerprint density at radius 3 is 2.20 bits per heavy atom. The first-order chi connectivity index (χ1) is 14.5. The van der Waals surface area contributed by atoms with Crippen LogP contribution >= 0.6 is 11.6 Å². The molecule has 0 aliphatic carbocycles. The molecule has 3 aromatic rings. The van der Waals surface area contributed by atoms with Crippen molar-refractivity contribution in [3.8, 4) is 17.2 Å². The van der Waals surface area contributed by atoms with E-state index in [4.69, 9.17) is 25.8 Å². The molecule has 4 rings (SSSR count). The second-order valence-electron chi connectivity index (χ2n) is 7.83. The van der Waals surface area contributed by atoms with Crippen LogP contribution < -0.4 is 19.1 Å². The lowest BCUT2D eigenvalue weighted by molar-refractivity contribution is 0.327. The Bertz CT molecular complexity index is 1050. The number of nitrogens with zero attached hydrogens (tertiary/aromatic N) is 3. The van der Waals surface area contributed by atoms with Crippen molar-refractivity contribution in [3.63, 3.8) is 0 Å². The minimum absolute atomic E-state index is 0.109. The second-order valence-corrected chi connectivity index (χ2v) is 8.27. The Hall–Kier alpha value is -2.73. The van der Waals surface area contributed by atoms with Gasteiger partial charge in [-0.2, -0.15) is 5.10 Å². The van der Waals surface area contributed by atoms with E-state index < -0.39 is 0 Å². The van der Waals surface area contributed by atoms with Gasteiger partial charge in [0.25, 0.3) is 0 Å². The lowest BCUT2D eigenvalue weighted by Gasteiger charge is -2.40. The Balaban J connectivity index is 1.68. The molecule has 0 N–H and O–H groups in total. The van der Waals surface area contributed by atoms with Gasteiger partial charge in [0.05, 0.1) is 32.9 Å². The maximum Gasteiger partial charge on any atom is 0.204 e. The first kappa shape index (κ1) is 20.5. The standard InChI is InChI=1S/C23H26ClN3O3/c1-23(15-5-7-16(24)8-6-15)9-11-27(12-10-23)22-17-13-19(28-2)21(30-4)20(29-3)18(17)14-25-26-22/h5-8,13-14H,9-12H2,1-4H3. The van der Waals surface area contributed by atoms with Gasteiger partial charge in [0.1, 0.15) is 0 Å². The summed E-state index contributed by atoms with van der Waals surface area (Å²) >= 11 is 6.07. The van der Waals surface area contributed by atoms with E-state index >= 15 is 0 Å². The smallest absolute Gasteiger partial charge is 0.204 e. The number of hydrogen-bond donors (Lipinski definition) is 0. The van der Waals surface area contributed by atoms with Crippen molar-refractivity contribution in [2.45, 2.75) is 25.2 Å². The van der Waals surface area contributed by atoms with Gasteiger partial charge in [-0.3, -0.25) is 0 Å². The van der Waals surface area contributed by atoms with Crippen LogP contribution in [0.15, 0.2) is 36.5 Å². The molecule has 1 aromatic heterocycles. The van der Waals surface area contributed by atoms with Gasteiger partial charge in [0, 0.05) is 23.5 Å². The van der Waals surface area contributed by atoms with Crippen LogP contribution in [0.5, 0.6) is 17.2 Å². The topological polar surface area (TPSA) is 56.7 Å². The van der Waals surface area contributed by atoms with Crippen LogP contribution in [0.4, 0.5) is 5.82 Å². The van der Waals surface area contributed by atoms with Crippen LogP contribution in [0.2, 0.25) is 5.02 Å². The van der Waals surface area contributed by atoms with Crippen LogP contribution in [0.25, 0.3) is 10.8 Å². The fraction of sp³-hybridized carbons (Fsp3) is 0.391. The zero-order valence-corrected chi connectivity index (χ0v) is 18.5. The van der Waals surface area contributed by atoms with E-state index in [1.165, 1.54) is 5.56 Å². The van der Waals surface area contributed by atoms with Crippen molar-refractivity contribution in [2.24, 2.45) is 0 Å². The van der Waals surface area contributed by atoms with Crippen molar-refractivity contribution in [2.75, 3.05) is 39.3 Å². The maximum atomic E-state index is 6.07. The molecular weight excluding hydrogens is 402 g/mol. The molecule has 0 bridgehead atoms. The van der Waals surface area contributed by atoms with Crippen LogP contribution in [0.3, 0.4) is 0 Å². The minimum atomic E-state index is 0.109. The first-order valence-corrected chi connectivity index (χ1v) is 10.3.